The van der Waals surface area contributed by atoms with E-state index in [1.807, 2.05) is 0 Å². The Morgan fingerprint density at radius 3 is 2.50 bits per heavy atom. The summed E-state index contributed by atoms with van der Waals surface area (Å²) in [5.74, 6) is -1.11. The molecule has 0 atom stereocenters. The van der Waals surface area contributed by atoms with E-state index in [2.05, 4.69) is 0 Å². The number of aromatic hydroxyl groups is 1. The van der Waals surface area contributed by atoms with E-state index in [1.54, 1.807) is 4.72 Å². The van der Waals surface area contributed by atoms with Gasteiger partial charge in [0, 0.05) is 29.6 Å². The number of phenols is 1. The Kier molecular flexibility index (Phi) is 2.91. The van der Waals surface area contributed by atoms with Gasteiger partial charge in [-0.15, -0.1) is 0 Å². The van der Waals surface area contributed by atoms with Gasteiger partial charge in [-0.05, 0) is 12.1 Å². The van der Waals surface area contributed by atoms with Crippen molar-refractivity contribution in [2.45, 2.75) is 4.90 Å². The van der Waals surface area contributed by atoms with E-state index in [-0.39, 0.29) is 45.8 Å². The summed E-state index contributed by atoms with van der Waals surface area (Å²) < 4.78 is 24.1. The van der Waals surface area contributed by atoms with Gasteiger partial charge in [0.25, 0.3) is 15.9 Å². The van der Waals surface area contributed by atoms with Crippen LogP contribution < -0.4 is 4.72 Å². The van der Waals surface area contributed by atoms with Crippen LogP contribution in [0.4, 0.5) is 0 Å². The third-order valence-electron chi connectivity index (χ3n) is 1.75. The Hall–Kier alpha value is -0.560. The van der Waals surface area contributed by atoms with Gasteiger partial charge in [0.05, 0.1) is 0 Å². The second kappa shape index (κ2) is 3.54. The van der Waals surface area contributed by atoms with Crippen molar-refractivity contribution in [3.05, 3.63) is 23.8 Å². The maximum Gasteiger partial charge on any atom is 0.270 e. The molecule has 0 spiro atoms. The number of sulfonamides is 1. The molecule has 1 amide bonds. The quantitative estimate of drug-likeness (QED) is 0.576. The van der Waals surface area contributed by atoms with Crippen molar-refractivity contribution < 1.29 is 18.3 Å². The Morgan fingerprint density at radius 2 is 1.93 bits per heavy atom. The van der Waals surface area contributed by atoms with Crippen LogP contribution in [0.5, 0.6) is 5.75 Å². The topological polar surface area (TPSA) is 83.5 Å². The Labute approximate surface area is 102 Å². The van der Waals surface area contributed by atoms with Crippen LogP contribution in [-0.2, 0) is 10.0 Å². The maximum atomic E-state index is 11.2. The first-order chi connectivity index (χ1) is 6.02. The van der Waals surface area contributed by atoms with Gasteiger partial charge in [-0.25, -0.2) is 13.1 Å². The van der Waals surface area contributed by atoms with Gasteiger partial charge in [-0.1, -0.05) is 6.07 Å². The summed E-state index contributed by atoms with van der Waals surface area (Å²) in [6, 6.07) is 3.90. The number of rotatable bonds is 0. The summed E-state index contributed by atoms with van der Waals surface area (Å²) in [5, 5.41) is 9.21. The van der Waals surface area contributed by atoms with Crippen molar-refractivity contribution in [1.82, 2.24) is 4.72 Å². The molecule has 0 bridgehead atoms. The van der Waals surface area contributed by atoms with Crippen LogP contribution in [0.25, 0.3) is 0 Å². The fourth-order valence-electron chi connectivity index (χ4n) is 1.20. The predicted octanol–water partition coefficient (Wildman–Crippen LogP) is -0.557. The monoisotopic (exact) mass is 222 g/mol. The fourth-order valence-corrected chi connectivity index (χ4v) is 2.38. The molecule has 0 fully saturated rings. The minimum Gasteiger partial charge on any atom is -0.507 e. The average molecular weight is 222 g/mol. The number of amides is 1. The molecule has 2 N–H and O–H groups in total. The smallest absolute Gasteiger partial charge is 0.270 e. The minimum absolute atomic E-state index is 0. The number of fused-ring (bicyclic) bond motifs is 1. The summed E-state index contributed by atoms with van der Waals surface area (Å²) in [4.78, 5) is 10.9. The second-order valence-electron chi connectivity index (χ2n) is 2.58. The third kappa shape index (κ3) is 1.54. The second-order valence-corrected chi connectivity index (χ2v) is 4.24. The molecule has 0 unspecified atom stereocenters. The first kappa shape index (κ1) is 11.5. The van der Waals surface area contributed by atoms with Crippen molar-refractivity contribution in [2.24, 2.45) is 0 Å². The predicted molar refractivity (Wildman–Crippen MR) is 48.5 cm³/mol. The molecule has 1 aliphatic rings. The van der Waals surface area contributed by atoms with Crippen molar-refractivity contribution >= 4 is 45.5 Å². The third-order valence-corrected chi connectivity index (χ3v) is 3.12. The molecule has 2 rings (SSSR count). The SMILES string of the molecule is O=C1NS(=O)(=O)c2cccc(O)c21.[Na]. The van der Waals surface area contributed by atoms with Gasteiger partial charge in [0.1, 0.15) is 16.2 Å². The van der Waals surface area contributed by atoms with Crippen LogP contribution >= 0.6 is 0 Å². The normalized spacial score (nSPS) is 16.7. The number of hydrogen-bond acceptors (Lipinski definition) is 4. The molecule has 5 nitrogen and oxygen atoms in total. The summed E-state index contributed by atoms with van der Waals surface area (Å²) in [5.41, 5.74) is -0.178. The minimum atomic E-state index is -3.74. The largest absolute Gasteiger partial charge is 0.507 e. The fraction of sp³-hybridized carbons (Fsp3) is 0. The number of benzene rings is 1. The number of phenolic OH excluding ortho intramolecular Hbond substituents is 1. The molecular formula is C7H5NNaO4S. The van der Waals surface area contributed by atoms with Crippen LogP contribution in [-0.4, -0.2) is 49.0 Å². The van der Waals surface area contributed by atoms with Crippen LogP contribution in [0.1, 0.15) is 10.4 Å². The molecule has 0 aromatic heterocycles. The molecule has 14 heavy (non-hydrogen) atoms. The van der Waals surface area contributed by atoms with Crippen LogP contribution in [0.3, 0.4) is 0 Å². The van der Waals surface area contributed by atoms with Crippen molar-refractivity contribution in [3.63, 3.8) is 0 Å². The standard InChI is InChI=1S/C7H5NO4S.Na/c9-4-2-1-3-5-6(4)7(10)8-13(5,11)12;/h1-3,9H,(H,8,10);. The van der Waals surface area contributed by atoms with E-state index in [1.165, 1.54) is 18.2 Å². The molecule has 1 aromatic carbocycles. The summed E-state index contributed by atoms with van der Waals surface area (Å²) in [6.45, 7) is 0. The first-order valence-electron chi connectivity index (χ1n) is 3.41. The summed E-state index contributed by atoms with van der Waals surface area (Å²) >= 11 is 0. The number of hydrogen-bond donors (Lipinski definition) is 2. The molecule has 0 saturated heterocycles. The van der Waals surface area contributed by atoms with E-state index >= 15 is 0 Å². The number of carbonyl (C=O) groups is 1. The maximum absolute atomic E-state index is 11.2. The van der Waals surface area contributed by atoms with Gasteiger partial charge in [0.15, 0.2) is 0 Å². The molecule has 1 heterocycles. The van der Waals surface area contributed by atoms with Crippen LogP contribution in [0, 0.1) is 0 Å². The molecule has 1 radical (unpaired) electrons. The Balaban J connectivity index is 0.000000980. The van der Waals surface area contributed by atoms with E-state index < -0.39 is 15.9 Å². The van der Waals surface area contributed by atoms with E-state index in [0.29, 0.717) is 0 Å². The zero-order valence-electron chi connectivity index (χ0n) is 7.31. The molecule has 0 aliphatic carbocycles. The van der Waals surface area contributed by atoms with Crippen molar-refractivity contribution in [1.29, 1.82) is 0 Å². The van der Waals surface area contributed by atoms with E-state index in [9.17, 15) is 18.3 Å². The molecule has 69 valence electrons. The van der Waals surface area contributed by atoms with Gasteiger partial charge in [-0.3, -0.25) is 4.79 Å². The molecule has 7 heteroatoms. The Bertz CT molecular complexity index is 496. The zero-order valence-corrected chi connectivity index (χ0v) is 10.1. The van der Waals surface area contributed by atoms with Gasteiger partial charge >= 0.3 is 0 Å². The average Bonchev–Trinajstić information content (AvgIpc) is 2.24. The zero-order chi connectivity index (χ0) is 9.64. The van der Waals surface area contributed by atoms with Gasteiger partial charge < -0.3 is 5.11 Å². The van der Waals surface area contributed by atoms with Crippen molar-refractivity contribution in [2.75, 3.05) is 0 Å². The van der Waals surface area contributed by atoms with Crippen LogP contribution in [0.15, 0.2) is 23.1 Å². The van der Waals surface area contributed by atoms with E-state index in [4.69, 9.17) is 0 Å². The number of carbonyl (C=O) groups excluding carboxylic acids is 1. The Morgan fingerprint density at radius 1 is 1.29 bits per heavy atom. The van der Waals surface area contributed by atoms with E-state index in [0.717, 1.165) is 0 Å². The summed E-state index contributed by atoms with van der Waals surface area (Å²) in [6.07, 6.45) is 0. The molecule has 1 aromatic rings. The summed E-state index contributed by atoms with van der Waals surface area (Å²) in [7, 11) is -3.74. The van der Waals surface area contributed by atoms with Gasteiger partial charge in [0.2, 0.25) is 0 Å². The van der Waals surface area contributed by atoms with Crippen molar-refractivity contribution in [3.8, 4) is 5.75 Å². The number of nitrogens with one attached hydrogen (secondary N) is 1. The van der Waals surface area contributed by atoms with Crippen LogP contribution in [0.2, 0.25) is 0 Å². The molecule has 1 aliphatic heterocycles. The van der Waals surface area contributed by atoms with Gasteiger partial charge in [-0.2, -0.15) is 0 Å². The molecular weight excluding hydrogens is 217 g/mol. The molecule has 0 saturated carbocycles. The first-order valence-corrected chi connectivity index (χ1v) is 4.90.